The lowest BCUT2D eigenvalue weighted by Crippen LogP contribution is -2.35. The van der Waals surface area contributed by atoms with Crippen molar-refractivity contribution in [2.75, 3.05) is 25.1 Å². The maximum Gasteiger partial charge on any atom is 0.264 e. The van der Waals surface area contributed by atoms with E-state index >= 15 is 0 Å². The monoisotopic (exact) mass is 262 g/mol. The Hall–Kier alpha value is -2.04. The number of fused-ring (bicyclic) bond motifs is 1. The molecule has 2 rings (SSSR count). The van der Waals surface area contributed by atoms with Crippen molar-refractivity contribution in [3.63, 3.8) is 0 Å². The molecule has 5 nitrogen and oxygen atoms in total. The van der Waals surface area contributed by atoms with Gasteiger partial charge in [0.05, 0.1) is 12.1 Å². The van der Waals surface area contributed by atoms with Gasteiger partial charge in [0, 0.05) is 13.6 Å². The zero-order valence-electron chi connectivity index (χ0n) is 11.2. The average molecular weight is 262 g/mol. The van der Waals surface area contributed by atoms with E-state index in [0.29, 0.717) is 18.7 Å². The Bertz CT molecular complexity index is 499. The minimum Gasteiger partial charge on any atom is -0.482 e. The molecule has 1 aromatic carbocycles. The van der Waals surface area contributed by atoms with Gasteiger partial charge in [-0.15, -0.1) is 0 Å². The predicted octanol–water partition coefficient (Wildman–Crippen LogP) is 1.11. The highest BCUT2D eigenvalue weighted by atomic mass is 16.5. The van der Waals surface area contributed by atoms with Crippen LogP contribution in [0.1, 0.15) is 18.9 Å². The Balaban J connectivity index is 2.12. The Morgan fingerprint density at radius 3 is 3.00 bits per heavy atom. The van der Waals surface area contributed by atoms with Crippen LogP contribution in [0.15, 0.2) is 18.2 Å². The van der Waals surface area contributed by atoms with Crippen LogP contribution in [0.25, 0.3) is 0 Å². The molecule has 1 aromatic rings. The lowest BCUT2D eigenvalue weighted by atomic mass is 10.1. The Labute approximate surface area is 112 Å². The summed E-state index contributed by atoms with van der Waals surface area (Å²) >= 11 is 0. The number of amides is 2. The predicted molar refractivity (Wildman–Crippen MR) is 72.4 cm³/mol. The highest BCUT2D eigenvalue weighted by molar-refractivity contribution is 5.97. The minimum atomic E-state index is -0.0833. The Morgan fingerprint density at radius 1 is 1.47 bits per heavy atom. The van der Waals surface area contributed by atoms with Crippen molar-refractivity contribution in [2.24, 2.45) is 0 Å². The maximum atomic E-state index is 11.7. The third kappa shape index (κ3) is 3.05. The number of anilines is 1. The van der Waals surface area contributed by atoms with Crippen LogP contribution in [0, 0.1) is 0 Å². The number of rotatable bonds is 4. The van der Waals surface area contributed by atoms with Crippen molar-refractivity contribution >= 4 is 17.5 Å². The Kier molecular flexibility index (Phi) is 4.04. The molecule has 5 heteroatoms. The quantitative estimate of drug-likeness (QED) is 0.884. The van der Waals surface area contributed by atoms with Gasteiger partial charge in [-0.25, -0.2) is 0 Å². The number of benzene rings is 1. The molecule has 0 atom stereocenters. The van der Waals surface area contributed by atoms with E-state index in [0.717, 1.165) is 17.7 Å². The molecule has 0 aliphatic carbocycles. The van der Waals surface area contributed by atoms with Crippen LogP contribution in [0.2, 0.25) is 0 Å². The minimum absolute atomic E-state index is 0.00694. The van der Waals surface area contributed by atoms with Gasteiger partial charge < -0.3 is 15.0 Å². The van der Waals surface area contributed by atoms with Crippen molar-refractivity contribution in [1.29, 1.82) is 0 Å². The molecule has 0 aromatic heterocycles. The van der Waals surface area contributed by atoms with E-state index in [-0.39, 0.29) is 18.4 Å². The first-order valence-electron chi connectivity index (χ1n) is 6.40. The molecule has 2 amide bonds. The number of carbonyl (C=O) groups is 2. The lowest BCUT2D eigenvalue weighted by molar-refractivity contribution is -0.121. The molecule has 0 bridgehead atoms. The molecular formula is C14H18N2O3. The van der Waals surface area contributed by atoms with Crippen molar-refractivity contribution in [3.8, 4) is 5.75 Å². The fourth-order valence-electron chi connectivity index (χ4n) is 1.94. The molecule has 0 saturated heterocycles. The summed E-state index contributed by atoms with van der Waals surface area (Å²) in [6.07, 6.45) is 1.23. The third-order valence-corrected chi connectivity index (χ3v) is 3.05. The average Bonchev–Trinajstić information content (AvgIpc) is 2.41. The number of hydrogen-bond acceptors (Lipinski definition) is 3. The molecule has 1 N–H and O–H groups in total. The van der Waals surface area contributed by atoms with Gasteiger partial charge in [-0.3, -0.25) is 9.59 Å². The van der Waals surface area contributed by atoms with Gasteiger partial charge >= 0.3 is 0 Å². The summed E-state index contributed by atoms with van der Waals surface area (Å²) in [5.41, 5.74) is 1.59. The number of nitrogens with zero attached hydrogens (tertiary/aromatic N) is 1. The molecule has 0 radical (unpaired) electrons. The van der Waals surface area contributed by atoms with Gasteiger partial charge in [0.2, 0.25) is 5.91 Å². The Morgan fingerprint density at radius 2 is 2.26 bits per heavy atom. The van der Waals surface area contributed by atoms with Crippen LogP contribution in [-0.4, -0.2) is 32.0 Å². The normalized spacial score (nSPS) is 13.8. The summed E-state index contributed by atoms with van der Waals surface area (Å²) in [7, 11) is 1.71. The largest absolute Gasteiger partial charge is 0.482 e. The van der Waals surface area contributed by atoms with Crippen LogP contribution < -0.4 is 15.0 Å². The van der Waals surface area contributed by atoms with Crippen molar-refractivity contribution < 1.29 is 14.3 Å². The number of nitrogens with one attached hydrogen (secondary N) is 1. The van der Waals surface area contributed by atoms with Gasteiger partial charge in [0.15, 0.2) is 6.61 Å². The molecule has 19 heavy (non-hydrogen) atoms. The molecule has 1 heterocycles. The summed E-state index contributed by atoms with van der Waals surface area (Å²) in [5.74, 6) is 0.590. The number of hydrogen-bond donors (Lipinski definition) is 1. The van der Waals surface area contributed by atoms with E-state index in [4.69, 9.17) is 4.74 Å². The fourth-order valence-corrected chi connectivity index (χ4v) is 1.94. The second-order valence-corrected chi connectivity index (χ2v) is 4.57. The van der Waals surface area contributed by atoms with Crippen LogP contribution >= 0.6 is 0 Å². The van der Waals surface area contributed by atoms with Gasteiger partial charge in [-0.05, 0) is 24.1 Å². The van der Waals surface area contributed by atoms with Crippen molar-refractivity contribution in [1.82, 2.24) is 5.32 Å². The van der Waals surface area contributed by atoms with E-state index in [1.54, 1.807) is 18.0 Å². The summed E-state index contributed by atoms with van der Waals surface area (Å²) in [6.45, 7) is 2.77. The smallest absolute Gasteiger partial charge is 0.264 e. The summed E-state index contributed by atoms with van der Waals surface area (Å²) in [6, 6.07) is 5.49. The standard InChI is InChI=1S/C14H18N2O3/c1-3-6-15-13(17)8-10-4-5-12-11(7-10)16(2)14(18)9-19-12/h4-5,7H,3,6,8-9H2,1-2H3,(H,15,17). The molecule has 1 aliphatic rings. The van der Waals surface area contributed by atoms with Crippen molar-refractivity contribution in [3.05, 3.63) is 23.8 Å². The van der Waals surface area contributed by atoms with Crippen molar-refractivity contribution in [2.45, 2.75) is 19.8 Å². The second-order valence-electron chi connectivity index (χ2n) is 4.57. The first kappa shape index (κ1) is 13.4. The number of likely N-dealkylation sites (N-methyl/N-ethyl adjacent to an activating group) is 1. The second kappa shape index (κ2) is 5.73. The molecule has 102 valence electrons. The zero-order chi connectivity index (χ0) is 13.8. The van der Waals surface area contributed by atoms with E-state index in [1.165, 1.54) is 0 Å². The third-order valence-electron chi connectivity index (χ3n) is 3.05. The van der Waals surface area contributed by atoms with E-state index in [1.807, 2.05) is 19.1 Å². The molecule has 0 spiro atoms. The van der Waals surface area contributed by atoms with Gasteiger partial charge in [-0.1, -0.05) is 13.0 Å². The summed E-state index contributed by atoms with van der Waals surface area (Å²) in [4.78, 5) is 24.8. The molecule has 0 saturated carbocycles. The molecule has 0 unspecified atom stereocenters. The van der Waals surface area contributed by atoms with Crippen LogP contribution in [0.4, 0.5) is 5.69 Å². The van der Waals surface area contributed by atoms with Gasteiger partial charge in [-0.2, -0.15) is 0 Å². The maximum absolute atomic E-state index is 11.7. The highest BCUT2D eigenvalue weighted by Gasteiger charge is 2.22. The number of carbonyl (C=O) groups excluding carboxylic acids is 2. The lowest BCUT2D eigenvalue weighted by Gasteiger charge is -2.26. The van der Waals surface area contributed by atoms with Crippen LogP contribution in [0.3, 0.4) is 0 Å². The number of ether oxygens (including phenoxy) is 1. The van der Waals surface area contributed by atoms with Crippen LogP contribution in [0.5, 0.6) is 5.75 Å². The molecule has 1 aliphatic heterocycles. The van der Waals surface area contributed by atoms with Gasteiger partial charge in [0.25, 0.3) is 5.91 Å². The van der Waals surface area contributed by atoms with E-state index in [2.05, 4.69) is 5.32 Å². The molecular weight excluding hydrogens is 244 g/mol. The summed E-state index contributed by atoms with van der Waals surface area (Å²) in [5, 5.41) is 2.83. The SMILES string of the molecule is CCCNC(=O)Cc1ccc2c(c1)N(C)C(=O)CO2. The zero-order valence-corrected chi connectivity index (χ0v) is 11.2. The fraction of sp³-hybridized carbons (Fsp3) is 0.429. The first-order chi connectivity index (χ1) is 9.11. The molecule has 0 fully saturated rings. The first-order valence-corrected chi connectivity index (χ1v) is 6.40. The highest BCUT2D eigenvalue weighted by Crippen LogP contribution is 2.31. The van der Waals surface area contributed by atoms with E-state index < -0.39 is 0 Å². The van der Waals surface area contributed by atoms with E-state index in [9.17, 15) is 9.59 Å². The topological polar surface area (TPSA) is 58.6 Å². The van der Waals surface area contributed by atoms with Crippen LogP contribution in [-0.2, 0) is 16.0 Å². The van der Waals surface area contributed by atoms with Gasteiger partial charge in [0.1, 0.15) is 5.75 Å². The summed E-state index contributed by atoms with van der Waals surface area (Å²) < 4.78 is 5.34.